The van der Waals surface area contributed by atoms with Crippen LogP contribution in [0.25, 0.3) is 11.0 Å². The smallest absolute Gasteiger partial charge is 0.254 e. The van der Waals surface area contributed by atoms with E-state index in [-0.39, 0.29) is 5.91 Å². The fraction of sp³-hybridized carbons (Fsp3) is 0.273. The van der Waals surface area contributed by atoms with Crippen molar-refractivity contribution in [1.82, 2.24) is 29.2 Å². The van der Waals surface area contributed by atoms with E-state index in [2.05, 4.69) is 22.2 Å². The Morgan fingerprint density at radius 3 is 2.79 bits per heavy atom. The lowest BCUT2D eigenvalue weighted by molar-refractivity contribution is 0.0758. The fourth-order valence-corrected chi connectivity index (χ4v) is 3.86. The largest absolute Gasteiger partial charge is 0.336 e. The fourth-order valence-electron chi connectivity index (χ4n) is 3.86. The van der Waals surface area contributed by atoms with Gasteiger partial charge in [0.1, 0.15) is 5.82 Å². The minimum Gasteiger partial charge on any atom is -0.336 e. The molecule has 29 heavy (non-hydrogen) atoms. The van der Waals surface area contributed by atoms with Crippen LogP contribution < -0.4 is 0 Å². The molecule has 1 aliphatic heterocycles. The van der Waals surface area contributed by atoms with Gasteiger partial charge in [0, 0.05) is 38.5 Å². The number of nitrogens with zero attached hydrogens (tertiary/aromatic N) is 6. The first kappa shape index (κ1) is 17.6. The van der Waals surface area contributed by atoms with Gasteiger partial charge in [-0.05, 0) is 23.8 Å². The highest BCUT2D eigenvalue weighted by molar-refractivity contribution is 5.97. The Balaban J connectivity index is 1.30. The molecule has 4 aromatic rings. The van der Waals surface area contributed by atoms with E-state index in [4.69, 9.17) is 4.98 Å². The van der Waals surface area contributed by atoms with Crippen molar-refractivity contribution in [2.24, 2.45) is 7.05 Å². The molecule has 2 aromatic carbocycles. The predicted octanol–water partition coefficient (Wildman–Crippen LogP) is 2.45. The van der Waals surface area contributed by atoms with Crippen LogP contribution in [0.2, 0.25) is 0 Å². The third-order valence-corrected chi connectivity index (χ3v) is 5.44. The summed E-state index contributed by atoms with van der Waals surface area (Å²) < 4.78 is 3.90. The van der Waals surface area contributed by atoms with E-state index in [9.17, 15) is 4.79 Å². The Hall–Kier alpha value is -3.48. The van der Waals surface area contributed by atoms with Crippen LogP contribution >= 0.6 is 0 Å². The second-order valence-corrected chi connectivity index (χ2v) is 7.43. The van der Waals surface area contributed by atoms with Crippen LogP contribution in [-0.2, 0) is 26.4 Å². The Morgan fingerprint density at radius 2 is 1.93 bits per heavy atom. The molecule has 0 spiro atoms. The van der Waals surface area contributed by atoms with Gasteiger partial charge in [0.15, 0.2) is 5.82 Å². The molecule has 3 heterocycles. The van der Waals surface area contributed by atoms with Gasteiger partial charge >= 0.3 is 0 Å². The lowest BCUT2D eigenvalue weighted by Crippen LogP contribution is -2.33. The number of hydrogen-bond acceptors (Lipinski definition) is 4. The van der Waals surface area contributed by atoms with Crippen LogP contribution in [0.4, 0.5) is 0 Å². The number of hydrogen-bond donors (Lipinski definition) is 0. The van der Waals surface area contributed by atoms with E-state index >= 15 is 0 Å². The normalized spacial score (nSPS) is 14.0. The van der Waals surface area contributed by atoms with Crippen molar-refractivity contribution in [3.8, 4) is 0 Å². The number of fused-ring (bicyclic) bond motifs is 2. The molecule has 1 aliphatic rings. The zero-order valence-electron chi connectivity index (χ0n) is 16.3. The molecule has 2 aromatic heterocycles. The van der Waals surface area contributed by atoms with Crippen molar-refractivity contribution in [3.05, 3.63) is 77.6 Å². The van der Waals surface area contributed by atoms with Gasteiger partial charge in [-0.3, -0.25) is 4.79 Å². The van der Waals surface area contributed by atoms with Crippen molar-refractivity contribution in [2.45, 2.75) is 19.4 Å². The minimum atomic E-state index is 0.0350. The average molecular weight is 386 g/mol. The molecule has 0 saturated heterocycles. The predicted molar refractivity (Wildman–Crippen MR) is 110 cm³/mol. The molecular formula is C22H22N6O. The number of carbonyl (C=O) groups is 1. The van der Waals surface area contributed by atoms with Gasteiger partial charge in [0.05, 0.1) is 23.9 Å². The lowest BCUT2D eigenvalue weighted by Gasteiger charge is -2.20. The highest BCUT2D eigenvalue weighted by Gasteiger charge is 2.22. The quantitative estimate of drug-likeness (QED) is 0.542. The van der Waals surface area contributed by atoms with Gasteiger partial charge in [-0.25, -0.2) is 14.6 Å². The number of amides is 1. The van der Waals surface area contributed by atoms with Crippen LogP contribution in [0.15, 0.2) is 54.9 Å². The maximum atomic E-state index is 13.0. The summed E-state index contributed by atoms with van der Waals surface area (Å²) in [4.78, 5) is 24.0. The molecule has 0 fully saturated rings. The van der Waals surface area contributed by atoms with E-state index in [0.29, 0.717) is 31.6 Å². The Bertz CT molecular complexity index is 1150. The maximum absolute atomic E-state index is 13.0. The monoisotopic (exact) mass is 386 g/mol. The summed E-state index contributed by atoms with van der Waals surface area (Å²) >= 11 is 0. The molecule has 0 saturated carbocycles. The number of rotatable bonds is 3. The van der Waals surface area contributed by atoms with Crippen molar-refractivity contribution < 1.29 is 4.79 Å². The van der Waals surface area contributed by atoms with Gasteiger partial charge in [-0.2, -0.15) is 5.10 Å². The number of carbonyl (C=O) groups excluding carboxylic acids is 1. The van der Waals surface area contributed by atoms with Gasteiger partial charge in [0.25, 0.3) is 5.91 Å². The molecule has 0 aliphatic carbocycles. The highest BCUT2D eigenvalue weighted by atomic mass is 16.2. The van der Waals surface area contributed by atoms with E-state index in [1.165, 1.54) is 5.56 Å². The third-order valence-electron chi connectivity index (χ3n) is 5.44. The molecule has 146 valence electrons. The number of benzene rings is 2. The summed E-state index contributed by atoms with van der Waals surface area (Å²) in [5, 5.41) is 4.67. The van der Waals surface area contributed by atoms with Crippen molar-refractivity contribution in [1.29, 1.82) is 0 Å². The zero-order chi connectivity index (χ0) is 19.8. The number of aromatic nitrogens is 5. The Morgan fingerprint density at radius 1 is 1.07 bits per heavy atom. The first-order chi connectivity index (χ1) is 14.2. The summed E-state index contributed by atoms with van der Waals surface area (Å²) in [5.74, 6) is 1.82. The molecule has 0 radical (unpaired) electrons. The van der Waals surface area contributed by atoms with Crippen molar-refractivity contribution >= 4 is 16.9 Å². The molecule has 7 nitrogen and oxygen atoms in total. The summed E-state index contributed by atoms with van der Waals surface area (Å²) in [7, 11) is 1.95. The third kappa shape index (κ3) is 3.40. The molecule has 0 unspecified atom stereocenters. The Kier molecular flexibility index (Phi) is 4.35. The SMILES string of the molecule is Cn1cnc2cc(C(=O)N3CCc4nc(Cc5ccccc5)nn4CC3)ccc21. The summed E-state index contributed by atoms with van der Waals surface area (Å²) in [6, 6.07) is 16.0. The second-order valence-electron chi connectivity index (χ2n) is 7.43. The summed E-state index contributed by atoms with van der Waals surface area (Å²) in [6.07, 6.45) is 3.20. The van der Waals surface area contributed by atoms with Gasteiger partial charge in [-0.15, -0.1) is 0 Å². The molecule has 7 heteroatoms. The molecule has 0 atom stereocenters. The average Bonchev–Trinajstić information content (AvgIpc) is 3.25. The topological polar surface area (TPSA) is 68.8 Å². The maximum Gasteiger partial charge on any atom is 0.254 e. The minimum absolute atomic E-state index is 0.0350. The molecule has 0 bridgehead atoms. The summed E-state index contributed by atoms with van der Waals surface area (Å²) in [5.41, 5.74) is 3.74. The Labute approximate surface area is 168 Å². The van der Waals surface area contributed by atoms with E-state index in [1.807, 2.05) is 57.6 Å². The van der Waals surface area contributed by atoms with Gasteiger partial charge in [-0.1, -0.05) is 30.3 Å². The number of imidazole rings is 1. The van der Waals surface area contributed by atoms with E-state index in [0.717, 1.165) is 29.1 Å². The van der Waals surface area contributed by atoms with Gasteiger partial charge in [0.2, 0.25) is 0 Å². The molecule has 1 amide bonds. The first-order valence-corrected chi connectivity index (χ1v) is 9.84. The van der Waals surface area contributed by atoms with Gasteiger partial charge < -0.3 is 9.47 Å². The van der Waals surface area contributed by atoms with Crippen LogP contribution in [-0.4, -0.2) is 48.2 Å². The zero-order valence-corrected chi connectivity index (χ0v) is 16.3. The molecule has 5 rings (SSSR count). The second kappa shape index (κ2) is 7.16. The van der Waals surface area contributed by atoms with Crippen molar-refractivity contribution in [3.63, 3.8) is 0 Å². The standard InChI is InChI=1S/C22H22N6O/c1-26-15-23-18-14-17(7-8-19(18)26)22(29)27-10-9-21-24-20(25-28(21)12-11-27)13-16-5-3-2-4-6-16/h2-8,14-15H,9-13H2,1H3. The number of aryl methyl sites for hydroxylation is 1. The van der Waals surface area contributed by atoms with E-state index < -0.39 is 0 Å². The van der Waals surface area contributed by atoms with Crippen LogP contribution in [0.3, 0.4) is 0 Å². The first-order valence-electron chi connectivity index (χ1n) is 9.84. The highest BCUT2D eigenvalue weighted by Crippen LogP contribution is 2.17. The van der Waals surface area contributed by atoms with Crippen LogP contribution in [0.1, 0.15) is 27.6 Å². The van der Waals surface area contributed by atoms with Crippen molar-refractivity contribution in [2.75, 3.05) is 13.1 Å². The molecule has 0 N–H and O–H groups in total. The molecular weight excluding hydrogens is 364 g/mol. The lowest BCUT2D eigenvalue weighted by atomic mass is 10.1. The van der Waals surface area contributed by atoms with Crippen LogP contribution in [0.5, 0.6) is 0 Å². The summed E-state index contributed by atoms with van der Waals surface area (Å²) in [6.45, 7) is 1.93. The van der Waals surface area contributed by atoms with E-state index in [1.54, 1.807) is 6.33 Å². The van der Waals surface area contributed by atoms with Crippen LogP contribution in [0, 0.1) is 0 Å².